The third kappa shape index (κ3) is 6.25. The Morgan fingerprint density at radius 2 is 1.88 bits per heavy atom. The lowest BCUT2D eigenvalue weighted by atomic mass is 9.85. The zero-order chi connectivity index (χ0) is 17.4. The highest BCUT2D eigenvalue weighted by Crippen LogP contribution is 2.28. The van der Waals surface area contributed by atoms with Gasteiger partial charge in [-0.1, -0.05) is 62.4 Å². The van der Waals surface area contributed by atoms with E-state index in [2.05, 4.69) is 24.3 Å². The Morgan fingerprint density at radius 1 is 1.21 bits per heavy atom. The Labute approximate surface area is 146 Å². The van der Waals surface area contributed by atoms with Crippen molar-refractivity contribution >= 4 is 5.91 Å². The second kappa shape index (κ2) is 9.80. The molecule has 0 bridgehead atoms. The van der Waals surface area contributed by atoms with E-state index in [4.69, 9.17) is 10.5 Å². The molecule has 1 amide bonds. The highest BCUT2D eigenvalue weighted by Gasteiger charge is 2.27. The summed E-state index contributed by atoms with van der Waals surface area (Å²) in [6.07, 6.45) is 8.23. The number of hydrogen-bond acceptors (Lipinski definition) is 3. The highest BCUT2D eigenvalue weighted by molar-refractivity contribution is 5.78. The summed E-state index contributed by atoms with van der Waals surface area (Å²) in [7, 11) is 3.99. The van der Waals surface area contributed by atoms with Gasteiger partial charge in [-0.25, -0.2) is 0 Å². The van der Waals surface area contributed by atoms with Crippen molar-refractivity contribution < 1.29 is 9.53 Å². The van der Waals surface area contributed by atoms with E-state index >= 15 is 0 Å². The monoisotopic (exact) mass is 332 g/mol. The molecule has 2 N–H and O–H groups in total. The third-order valence-electron chi connectivity index (χ3n) is 5.01. The summed E-state index contributed by atoms with van der Waals surface area (Å²) >= 11 is 0. The maximum absolute atomic E-state index is 11.9. The molecule has 2 unspecified atom stereocenters. The lowest BCUT2D eigenvalue weighted by molar-refractivity contribution is -0.144. The second-order valence-corrected chi connectivity index (χ2v) is 7.21. The number of amides is 1. The summed E-state index contributed by atoms with van der Waals surface area (Å²) in [5.41, 5.74) is 6.91. The van der Waals surface area contributed by atoms with Crippen molar-refractivity contribution in [3.63, 3.8) is 0 Å². The first-order valence-electron chi connectivity index (χ1n) is 9.21. The van der Waals surface area contributed by atoms with Crippen molar-refractivity contribution in [2.24, 2.45) is 11.7 Å². The Morgan fingerprint density at radius 3 is 2.46 bits per heavy atom. The normalized spacial score (nSPS) is 18.5. The first-order chi connectivity index (χ1) is 11.6. The van der Waals surface area contributed by atoms with Gasteiger partial charge in [0.2, 0.25) is 5.91 Å². The Balaban J connectivity index is 1.91. The van der Waals surface area contributed by atoms with Gasteiger partial charge in [0.05, 0.1) is 0 Å². The van der Waals surface area contributed by atoms with E-state index in [9.17, 15) is 4.79 Å². The van der Waals surface area contributed by atoms with E-state index in [1.165, 1.54) is 37.7 Å². The van der Waals surface area contributed by atoms with E-state index in [1.807, 2.05) is 25.1 Å². The minimum atomic E-state index is -0.476. The molecule has 4 heteroatoms. The van der Waals surface area contributed by atoms with E-state index in [-0.39, 0.29) is 12.1 Å². The van der Waals surface area contributed by atoms with Crippen LogP contribution in [0.3, 0.4) is 0 Å². The summed E-state index contributed by atoms with van der Waals surface area (Å²) in [4.78, 5) is 13.9. The molecule has 1 fully saturated rings. The molecular formula is C20H32N2O2. The molecule has 134 valence electrons. The molecule has 0 aromatic heterocycles. The van der Waals surface area contributed by atoms with Crippen LogP contribution in [0.5, 0.6) is 0 Å². The summed E-state index contributed by atoms with van der Waals surface area (Å²) in [6.45, 7) is 0. The predicted molar refractivity (Wildman–Crippen MR) is 97.5 cm³/mol. The molecule has 0 spiro atoms. The third-order valence-corrected chi connectivity index (χ3v) is 5.01. The summed E-state index contributed by atoms with van der Waals surface area (Å²) in [5.74, 6) is 0.250. The smallest absolute Gasteiger partial charge is 0.246 e. The molecular weight excluding hydrogens is 300 g/mol. The van der Waals surface area contributed by atoms with Crippen molar-refractivity contribution in [3.8, 4) is 0 Å². The average Bonchev–Trinajstić information content (AvgIpc) is 2.59. The molecule has 1 aliphatic carbocycles. The van der Waals surface area contributed by atoms with Gasteiger partial charge in [-0.05, 0) is 44.8 Å². The van der Waals surface area contributed by atoms with Crippen LogP contribution in [0, 0.1) is 5.92 Å². The fraction of sp³-hybridized carbons (Fsp3) is 0.650. The number of aryl methyl sites for hydroxylation is 1. The first-order valence-corrected chi connectivity index (χ1v) is 9.21. The van der Waals surface area contributed by atoms with E-state index in [0.29, 0.717) is 5.92 Å². The number of carbonyl (C=O) groups is 1. The van der Waals surface area contributed by atoms with Gasteiger partial charge in [0.15, 0.2) is 0 Å². The van der Waals surface area contributed by atoms with Crippen molar-refractivity contribution in [1.82, 2.24) is 4.90 Å². The summed E-state index contributed by atoms with van der Waals surface area (Å²) in [5, 5.41) is 0. The number of nitrogens with two attached hydrogens (primary N) is 1. The van der Waals surface area contributed by atoms with Crippen LogP contribution in [-0.2, 0) is 16.0 Å². The average molecular weight is 332 g/mol. The maximum atomic E-state index is 11.9. The van der Waals surface area contributed by atoms with Crippen molar-refractivity contribution in [3.05, 3.63) is 35.9 Å². The Hall–Kier alpha value is -1.39. The molecule has 0 heterocycles. The minimum Gasteiger partial charge on any atom is -0.367 e. The molecule has 1 aromatic carbocycles. The van der Waals surface area contributed by atoms with Gasteiger partial charge in [0.1, 0.15) is 12.3 Å². The van der Waals surface area contributed by atoms with Gasteiger partial charge < -0.3 is 10.5 Å². The molecule has 4 nitrogen and oxygen atoms in total. The molecule has 0 aliphatic heterocycles. The largest absolute Gasteiger partial charge is 0.367 e. The van der Waals surface area contributed by atoms with Crippen molar-refractivity contribution in [2.45, 2.75) is 63.7 Å². The fourth-order valence-electron chi connectivity index (χ4n) is 3.54. The molecule has 1 aromatic rings. The SMILES string of the molecule is CN(C)C(CCc1ccccc1)OC(CC1CCCCC1)C(N)=O. The number of primary amides is 1. The standard InChI is InChI=1S/C20H32N2O2/c1-22(2)19(14-13-16-9-5-3-6-10-16)24-18(20(21)23)15-17-11-7-4-8-12-17/h3,5-6,9-10,17-19H,4,7-8,11-15H2,1-2H3,(H2,21,23). The van der Waals surface area contributed by atoms with Crippen LogP contribution >= 0.6 is 0 Å². The van der Waals surface area contributed by atoms with Gasteiger partial charge in [0, 0.05) is 0 Å². The fourth-order valence-corrected chi connectivity index (χ4v) is 3.54. The highest BCUT2D eigenvalue weighted by atomic mass is 16.5. The quantitative estimate of drug-likeness (QED) is 0.706. The summed E-state index contributed by atoms with van der Waals surface area (Å²) in [6, 6.07) is 10.4. The minimum absolute atomic E-state index is 0.0914. The first kappa shape index (κ1) is 18.9. The number of rotatable bonds is 9. The Kier molecular flexibility index (Phi) is 7.73. The molecule has 1 saturated carbocycles. The Bertz CT molecular complexity index is 484. The maximum Gasteiger partial charge on any atom is 0.246 e. The lowest BCUT2D eigenvalue weighted by Crippen LogP contribution is -2.41. The topological polar surface area (TPSA) is 55.6 Å². The number of ether oxygens (including phenoxy) is 1. The van der Waals surface area contributed by atoms with Crippen LogP contribution < -0.4 is 5.73 Å². The van der Waals surface area contributed by atoms with Crippen molar-refractivity contribution in [2.75, 3.05) is 14.1 Å². The van der Waals surface area contributed by atoms with Crippen LogP contribution in [0.25, 0.3) is 0 Å². The zero-order valence-electron chi connectivity index (χ0n) is 15.1. The molecule has 24 heavy (non-hydrogen) atoms. The lowest BCUT2D eigenvalue weighted by Gasteiger charge is -2.31. The second-order valence-electron chi connectivity index (χ2n) is 7.21. The van der Waals surface area contributed by atoms with Gasteiger partial charge in [-0.2, -0.15) is 0 Å². The number of hydrogen-bond donors (Lipinski definition) is 1. The number of carbonyl (C=O) groups excluding carboxylic acids is 1. The van der Waals surface area contributed by atoms with Crippen LogP contribution in [0.1, 0.15) is 50.5 Å². The van der Waals surface area contributed by atoms with Gasteiger partial charge in [-0.15, -0.1) is 0 Å². The molecule has 1 aliphatic rings. The van der Waals surface area contributed by atoms with Gasteiger partial charge in [-0.3, -0.25) is 9.69 Å². The molecule has 0 radical (unpaired) electrons. The summed E-state index contributed by atoms with van der Waals surface area (Å²) < 4.78 is 6.15. The number of nitrogens with zero attached hydrogens (tertiary/aromatic N) is 1. The van der Waals surface area contributed by atoms with Crippen LogP contribution in [0.2, 0.25) is 0 Å². The van der Waals surface area contributed by atoms with E-state index < -0.39 is 6.10 Å². The van der Waals surface area contributed by atoms with Gasteiger partial charge in [0.25, 0.3) is 0 Å². The van der Waals surface area contributed by atoms with Crippen LogP contribution in [0.4, 0.5) is 0 Å². The molecule has 2 atom stereocenters. The molecule has 2 rings (SSSR count). The van der Waals surface area contributed by atoms with E-state index in [1.54, 1.807) is 0 Å². The van der Waals surface area contributed by atoms with Crippen LogP contribution in [0.15, 0.2) is 30.3 Å². The van der Waals surface area contributed by atoms with Crippen LogP contribution in [-0.4, -0.2) is 37.2 Å². The van der Waals surface area contributed by atoms with Crippen molar-refractivity contribution in [1.29, 1.82) is 0 Å². The zero-order valence-corrected chi connectivity index (χ0v) is 15.1. The van der Waals surface area contributed by atoms with Gasteiger partial charge >= 0.3 is 0 Å². The molecule has 0 saturated heterocycles. The predicted octanol–water partition coefficient (Wildman–Crippen LogP) is 3.35. The van der Waals surface area contributed by atoms with E-state index in [0.717, 1.165) is 19.3 Å². The number of benzene rings is 1.